The number of unbranched alkanes of at least 4 members (excludes halogenated alkanes) is 5. The van der Waals surface area contributed by atoms with Gasteiger partial charge in [-0.3, -0.25) is 9.69 Å². The van der Waals surface area contributed by atoms with Crippen molar-refractivity contribution in [2.24, 2.45) is 0 Å². The fourth-order valence-electron chi connectivity index (χ4n) is 2.48. The molecule has 1 aliphatic heterocycles. The van der Waals surface area contributed by atoms with Crippen LogP contribution in [-0.4, -0.2) is 60.1 Å². The maximum atomic E-state index is 10.6. The lowest BCUT2D eigenvalue weighted by molar-refractivity contribution is -0.138. The lowest BCUT2D eigenvalue weighted by Crippen LogP contribution is -2.48. The van der Waals surface area contributed by atoms with Gasteiger partial charge in [0.05, 0.1) is 6.54 Å². The van der Waals surface area contributed by atoms with Crippen LogP contribution >= 0.6 is 0 Å². The first-order valence-corrected chi connectivity index (χ1v) is 7.39. The molecule has 0 aromatic rings. The van der Waals surface area contributed by atoms with Crippen LogP contribution in [0.25, 0.3) is 0 Å². The molecule has 0 aliphatic carbocycles. The zero-order valence-corrected chi connectivity index (χ0v) is 11.7. The van der Waals surface area contributed by atoms with E-state index < -0.39 is 5.97 Å². The SMILES string of the molecule is CCCCCCCCN1CCN(CC(=O)O)CC1. The Hall–Kier alpha value is -0.610. The van der Waals surface area contributed by atoms with Gasteiger partial charge in [-0.15, -0.1) is 0 Å². The Morgan fingerprint density at radius 1 is 0.944 bits per heavy atom. The summed E-state index contributed by atoms with van der Waals surface area (Å²) in [4.78, 5) is 15.1. The first kappa shape index (κ1) is 15.4. The molecule has 106 valence electrons. The van der Waals surface area contributed by atoms with Gasteiger partial charge in [-0.1, -0.05) is 39.0 Å². The molecule has 1 N–H and O–H groups in total. The van der Waals surface area contributed by atoms with E-state index in [0.29, 0.717) is 0 Å². The Balaban J connectivity index is 1.97. The molecule has 0 bridgehead atoms. The van der Waals surface area contributed by atoms with Gasteiger partial charge in [-0.2, -0.15) is 0 Å². The van der Waals surface area contributed by atoms with E-state index in [2.05, 4.69) is 11.8 Å². The normalized spacial score (nSPS) is 18.1. The number of hydrogen-bond acceptors (Lipinski definition) is 3. The quantitative estimate of drug-likeness (QED) is 0.641. The predicted octanol–water partition coefficient (Wildman–Crippen LogP) is 2.05. The van der Waals surface area contributed by atoms with Gasteiger partial charge < -0.3 is 10.0 Å². The van der Waals surface area contributed by atoms with E-state index in [9.17, 15) is 4.79 Å². The number of piperazine rings is 1. The second kappa shape index (κ2) is 9.34. The maximum absolute atomic E-state index is 10.6. The first-order chi connectivity index (χ1) is 8.72. The summed E-state index contributed by atoms with van der Waals surface area (Å²) in [6.45, 7) is 7.50. The van der Waals surface area contributed by atoms with E-state index in [4.69, 9.17) is 5.11 Å². The first-order valence-electron chi connectivity index (χ1n) is 7.39. The summed E-state index contributed by atoms with van der Waals surface area (Å²) in [6.07, 6.45) is 8.06. The van der Waals surface area contributed by atoms with E-state index in [1.807, 2.05) is 4.90 Å². The van der Waals surface area contributed by atoms with Gasteiger partial charge in [0.2, 0.25) is 0 Å². The summed E-state index contributed by atoms with van der Waals surface area (Å²) in [5, 5.41) is 8.72. The van der Waals surface area contributed by atoms with Gasteiger partial charge >= 0.3 is 5.97 Å². The Morgan fingerprint density at radius 3 is 2.11 bits per heavy atom. The Kier molecular flexibility index (Phi) is 8.01. The number of carboxylic acid groups (broad SMARTS) is 1. The highest BCUT2D eigenvalue weighted by Gasteiger charge is 2.17. The molecule has 0 unspecified atom stereocenters. The van der Waals surface area contributed by atoms with Crippen LogP contribution in [0.4, 0.5) is 0 Å². The molecule has 0 saturated carbocycles. The van der Waals surface area contributed by atoms with Crippen LogP contribution in [0.3, 0.4) is 0 Å². The number of hydrogen-bond donors (Lipinski definition) is 1. The van der Waals surface area contributed by atoms with Crippen molar-refractivity contribution in [3.05, 3.63) is 0 Å². The molecule has 1 saturated heterocycles. The van der Waals surface area contributed by atoms with Crippen LogP contribution in [0.2, 0.25) is 0 Å². The number of rotatable bonds is 9. The molecule has 0 amide bonds. The summed E-state index contributed by atoms with van der Waals surface area (Å²) < 4.78 is 0. The molecular formula is C14H28N2O2. The van der Waals surface area contributed by atoms with Crippen molar-refractivity contribution in [1.29, 1.82) is 0 Å². The van der Waals surface area contributed by atoms with Gasteiger partial charge in [0.25, 0.3) is 0 Å². The van der Waals surface area contributed by atoms with Crippen molar-refractivity contribution in [2.45, 2.75) is 45.4 Å². The number of aliphatic carboxylic acids is 1. The van der Waals surface area contributed by atoms with Crippen molar-refractivity contribution >= 4 is 5.97 Å². The van der Waals surface area contributed by atoms with Gasteiger partial charge in [-0.25, -0.2) is 0 Å². The van der Waals surface area contributed by atoms with Gasteiger partial charge in [0, 0.05) is 26.2 Å². The highest BCUT2D eigenvalue weighted by molar-refractivity contribution is 5.69. The molecule has 0 spiro atoms. The zero-order valence-electron chi connectivity index (χ0n) is 11.7. The van der Waals surface area contributed by atoms with E-state index in [1.54, 1.807) is 0 Å². The van der Waals surface area contributed by atoms with Gasteiger partial charge in [-0.05, 0) is 13.0 Å². The second-order valence-corrected chi connectivity index (χ2v) is 5.28. The minimum Gasteiger partial charge on any atom is -0.480 e. The van der Waals surface area contributed by atoms with Crippen molar-refractivity contribution in [3.8, 4) is 0 Å². The fourth-order valence-corrected chi connectivity index (χ4v) is 2.48. The lowest BCUT2D eigenvalue weighted by atomic mass is 10.1. The smallest absolute Gasteiger partial charge is 0.317 e. The largest absolute Gasteiger partial charge is 0.480 e. The summed E-state index contributed by atoms with van der Waals surface area (Å²) in [5.74, 6) is -0.709. The summed E-state index contributed by atoms with van der Waals surface area (Å²) >= 11 is 0. The molecule has 0 aromatic heterocycles. The number of carboxylic acids is 1. The summed E-state index contributed by atoms with van der Waals surface area (Å²) in [6, 6.07) is 0. The van der Waals surface area contributed by atoms with E-state index >= 15 is 0 Å². The van der Waals surface area contributed by atoms with E-state index in [1.165, 1.54) is 45.1 Å². The fraction of sp³-hybridized carbons (Fsp3) is 0.929. The minimum atomic E-state index is -0.709. The maximum Gasteiger partial charge on any atom is 0.317 e. The molecule has 18 heavy (non-hydrogen) atoms. The lowest BCUT2D eigenvalue weighted by Gasteiger charge is -2.33. The van der Waals surface area contributed by atoms with Crippen molar-refractivity contribution in [1.82, 2.24) is 9.80 Å². The monoisotopic (exact) mass is 256 g/mol. The Bertz CT molecular complexity index is 226. The average Bonchev–Trinajstić information content (AvgIpc) is 2.35. The van der Waals surface area contributed by atoms with Crippen molar-refractivity contribution in [2.75, 3.05) is 39.3 Å². The molecule has 4 heteroatoms. The third kappa shape index (κ3) is 6.97. The molecule has 4 nitrogen and oxygen atoms in total. The zero-order chi connectivity index (χ0) is 13.2. The average molecular weight is 256 g/mol. The summed E-state index contributed by atoms with van der Waals surface area (Å²) in [5.41, 5.74) is 0. The van der Waals surface area contributed by atoms with Crippen LogP contribution < -0.4 is 0 Å². The number of carbonyl (C=O) groups is 1. The standard InChI is InChI=1S/C14H28N2O2/c1-2-3-4-5-6-7-8-15-9-11-16(12-10-15)13-14(17)18/h2-13H2,1H3,(H,17,18). The molecule has 1 aliphatic rings. The molecule has 0 aromatic carbocycles. The van der Waals surface area contributed by atoms with Crippen LogP contribution in [-0.2, 0) is 4.79 Å². The molecule has 1 rings (SSSR count). The van der Waals surface area contributed by atoms with E-state index in [0.717, 1.165) is 26.2 Å². The minimum absolute atomic E-state index is 0.199. The molecule has 1 fully saturated rings. The molecule has 0 radical (unpaired) electrons. The highest BCUT2D eigenvalue weighted by Crippen LogP contribution is 2.07. The van der Waals surface area contributed by atoms with Crippen molar-refractivity contribution in [3.63, 3.8) is 0 Å². The highest BCUT2D eigenvalue weighted by atomic mass is 16.4. The number of nitrogens with zero attached hydrogens (tertiary/aromatic N) is 2. The van der Waals surface area contributed by atoms with Crippen LogP contribution in [0.15, 0.2) is 0 Å². The van der Waals surface area contributed by atoms with E-state index in [-0.39, 0.29) is 6.54 Å². The third-order valence-electron chi connectivity index (χ3n) is 3.65. The second-order valence-electron chi connectivity index (χ2n) is 5.28. The van der Waals surface area contributed by atoms with Crippen LogP contribution in [0.1, 0.15) is 45.4 Å². The summed E-state index contributed by atoms with van der Waals surface area (Å²) in [7, 11) is 0. The third-order valence-corrected chi connectivity index (χ3v) is 3.65. The van der Waals surface area contributed by atoms with Crippen molar-refractivity contribution < 1.29 is 9.90 Å². The Labute approximate surface area is 111 Å². The van der Waals surface area contributed by atoms with Crippen LogP contribution in [0.5, 0.6) is 0 Å². The topological polar surface area (TPSA) is 43.8 Å². The van der Waals surface area contributed by atoms with Crippen LogP contribution in [0, 0.1) is 0 Å². The molecule has 1 heterocycles. The molecular weight excluding hydrogens is 228 g/mol. The Morgan fingerprint density at radius 2 is 1.50 bits per heavy atom. The van der Waals surface area contributed by atoms with Gasteiger partial charge in [0.15, 0.2) is 0 Å². The predicted molar refractivity (Wildman–Crippen MR) is 73.9 cm³/mol. The molecule has 0 atom stereocenters. The van der Waals surface area contributed by atoms with Gasteiger partial charge in [0.1, 0.15) is 0 Å².